The number of aromatic nitrogens is 1. The molecule has 2 aliphatic heterocycles. The Balaban J connectivity index is 1.32. The predicted octanol–water partition coefficient (Wildman–Crippen LogP) is 1.78. The molecule has 0 N–H and O–H groups in total. The zero-order valence-corrected chi connectivity index (χ0v) is 15.3. The van der Waals surface area contributed by atoms with Gasteiger partial charge in [0.2, 0.25) is 11.8 Å². The Labute approximate surface area is 159 Å². The molecule has 0 saturated carbocycles. The SMILES string of the molecule is O=C1C[C@H](C(=O)N2CCN(c3ccccc3)CC2)CN1Cc1ccncc1. The first-order valence-electron chi connectivity index (χ1n) is 9.46. The third-order valence-electron chi connectivity index (χ3n) is 5.40. The fraction of sp³-hybridized carbons (Fsp3) is 0.381. The largest absolute Gasteiger partial charge is 0.368 e. The van der Waals surface area contributed by atoms with Gasteiger partial charge in [0.05, 0.1) is 5.92 Å². The molecular formula is C21H24N4O2. The molecular weight excluding hydrogens is 340 g/mol. The Morgan fingerprint density at radius 1 is 1.00 bits per heavy atom. The first-order valence-corrected chi connectivity index (χ1v) is 9.46. The minimum absolute atomic E-state index is 0.0630. The number of likely N-dealkylation sites (tertiary alicyclic amines) is 1. The molecule has 2 fully saturated rings. The van der Waals surface area contributed by atoms with Gasteiger partial charge in [-0.25, -0.2) is 0 Å². The number of nitrogens with zero attached hydrogens (tertiary/aromatic N) is 4. The summed E-state index contributed by atoms with van der Waals surface area (Å²) in [5, 5.41) is 0. The molecule has 1 atom stereocenters. The molecule has 0 unspecified atom stereocenters. The summed E-state index contributed by atoms with van der Waals surface area (Å²) in [5.74, 6) is -0.0380. The van der Waals surface area contributed by atoms with Gasteiger partial charge < -0.3 is 14.7 Å². The number of para-hydroxylation sites is 1. The summed E-state index contributed by atoms with van der Waals surface area (Å²) >= 11 is 0. The highest BCUT2D eigenvalue weighted by Gasteiger charge is 2.37. The van der Waals surface area contributed by atoms with Gasteiger partial charge in [-0.2, -0.15) is 0 Å². The molecule has 0 radical (unpaired) electrons. The highest BCUT2D eigenvalue weighted by atomic mass is 16.2. The first kappa shape index (κ1) is 17.5. The number of carbonyl (C=O) groups excluding carboxylic acids is 2. The van der Waals surface area contributed by atoms with Crippen molar-refractivity contribution in [2.75, 3.05) is 37.6 Å². The van der Waals surface area contributed by atoms with E-state index in [9.17, 15) is 9.59 Å². The van der Waals surface area contributed by atoms with E-state index >= 15 is 0 Å². The lowest BCUT2D eigenvalue weighted by Crippen LogP contribution is -2.50. The van der Waals surface area contributed by atoms with Crippen molar-refractivity contribution >= 4 is 17.5 Å². The van der Waals surface area contributed by atoms with Gasteiger partial charge in [-0.3, -0.25) is 14.6 Å². The van der Waals surface area contributed by atoms with E-state index < -0.39 is 0 Å². The Morgan fingerprint density at radius 3 is 2.41 bits per heavy atom. The van der Waals surface area contributed by atoms with Crippen molar-refractivity contribution in [2.24, 2.45) is 5.92 Å². The van der Waals surface area contributed by atoms with Gasteiger partial charge in [0.1, 0.15) is 0 Å². The van der Waals surface area contributed by atoms with Crippen LogP contribution in [0.2, 0.25) is 0 Å². The molecule has 6 heteroatoms. The van der Waals surface area contributed by atoms with Crippen LogP contribution in [0.1, 0.15) is 12.0 Å². The molecule has 2 amide bonds. The Bertz CT molecular complexity index is 788. The number of piperazine rings is 1. The number of benzene rings is 1. The molecule has 2 aromatic rings. The third-order valence-corrected chi connectivity index (χ3v) is 5.40. The van der Waals surface area contributed by atoms with Gasteiger partial charge in [-0.15, -0.1) is 0 Å². The number of pyridine rings is 1. The average Bonchev–Trinajstić information content (AvgIpc) is 3.09. The highest BCUT2D eigenvalue weighted by Crippen LogP contribution is 2.23. The van der Waals surface area contributed by atoms with Crippen LogP contribution in [0.25, 0.3) is 0 Å². The molecule has 0 bridgehead atoms. The van der Waals surface area contributed by atoms with Crippen molar-refractivity contribution in [1.29, 1.82) is 0 Å². The van der Waals surface area contributed by atoms with E-state index in [-0.39, 0.29) is 17.7 Å². The topological polar surface area (TPSA) is 56.8 Å². The molecule has 0 aliphatic carbocycles. The number of anilines is 1. The number of amides is 2. The molecule has 27 heavy (non-hydrogen) atoms. The smallest absolute Gasteiger partial charge is 0.228 e. The molecule has 1 aromatic heterocycles. The molecule has 6 nitrogen and oxygen atoms in total. The maximum atomic E-state index is 12.9. The molecule has 3 heterocycles. The summed E-state index contributed by atoms with van der Waals surface area (Å²) in [6, 6.07) is 14.1. The van der Waals surface area contributed by atoms with E-state index in [1.54, 1.807) is 17.3 Å². The van der Waals surface area contributed by atoms with E-state index in [2.05, 4.69) is 22.0 Å². The highest BCUT2D eigenvalue weighted by molar-refractivity contribution is 5.89. The minimum atomic E-state index is -0.220. The standard InChI is InChI=1S/C21H24N4O2/c26-20-14-18(16-25(20)15-17-6-8-22-9-7-17)21(27)24-12-10-23(11-13-24)19-4-2-1-3-5-19/h1-9,18H,10-16H2/t18-/m0/s1. The van der Waals surface area contributed by atoms with Gasteiger partial charge in [0.25, 0.3) is 0 Å². The van der Waals surface area contributed by atoms with Crippen molar-refractivity contribution in [3.05, 3.63) is 60.4 Å². The van der Waals surface area contributed by atoms with Crippen molar-refractivity contribution in [3.63, 3.8) is 0 Å². The maximum Gasteiger partial charge on any atom is 0.228 e. The summed E-state index contributed by atoms with van der Waals surface area (Å²) in [4.78, 5) is 35.3. The summed E-state index contributed by atoms with van der Waals surface area (Å²) in [6.45, 7) is 4.14. The van der Waals surface area contributed by atoms with Gasteiger partial charge in [-0.1, -0.05) is 18.2 Å². The molecule has 2 saturated heterocycles. The van der Waals surface area contributed by atoms with Crippen LogP contribution in [0.4, 0.5) is 5.69 Å². The predicted molar refractivity (Wildman–Crippen MR) is 103 cm³/mol. The summed E-state index contributed by atoms with van der Waals surface area (Å²) in [7, 11) is 0. The average molecular weight is 364 g/mol. The van der Waals surface area contributed by atoms with Crippen LogP contribution < -0.4 is 4.90 Å². The first-order chi connectivity index (χ1) is 13.2. The monoisotopic (exact) mass is 364 g/mol. The Kier molecular flexibility index (Phi) is 5.05. The number of carbonyl (C=O) groups is 2. The fourth-order valence-electron chi connectivity index (χ4n) is 3.88. The van der Waals surface area contributed by atoms with Gasteiger partial charge in [0.15, 0.2) is 0 Å². The van der Waals surface area contributed by atoms with Crippen molar-refractivity contribution in [3.8, 4) is 0 Å². The third kappa shape index (κ3) is 3.94. The van der Waals surface area contributed by atoms with E-state index in [0.29, 0.717) is 32.6 Å². The van der Waals surface area contributed by atoms with E-state index in [4.69, 9.17) is 0 Å². The van der Waals surface area contributed by atoms with Gasteiger partial charge >= 0.3 is 0 Å². The number of hydrogen-bond acceptors (Lipinski definition) is 4. The normalized spacial score (nSPS) is 20.2. The fourth-order valence-corrected chi connectivity index (χ4v) is 3.88. The second kappa shape index (κ2) is 7.78. The summed E-state index contributed by atoms with van der Waals surface area (Å²) in [5.41, 5.74) is 2.24. The molecule has 4 rings (SSSR count). The van der Waals surface area contributed by atoms with Crippen LogP contribution in [-0.2, 0) is 16.1 Å². The minimum Gasteiger partial charge on any atom is -0.368 e. The van der Waals surface area contributed by atoms with Crippen LogP contribution in [-0.4, -0.2) is 59.3 Å². The van der Waals surface area contributed by atoms with E-state index in [1.807, 2.05) is 35.2 Å². The Morgan fingerprint density at radius 2 is 1.70 bits per heavy atom. The van der Waals surface area contributed by atoms with Crippen molar-refractivity contribution in [1.82, 2.24) is 14.8 Å². The lowest BCUT2D eigenvalue weighted by Gasteiger charge is -2.37. The van der Waals surface area contributed by atoms with Crippen LogP contribution >= 0.6 is 0 Å². The lowest BCUT2D eigenvalue weighted by molar-refractivity contribution is -0.136. The lowest BCUT2D eigenvalue weighted by atomic mass is 10.1. The molecule has 1 aromatic carbocycles. The second-order valence-corrected chi connectivity index (χ2v) is 7.18. The number of hydrogen-bond donors (Lipinski definition) is 0. The summed E-state index contributed by atoms with van der Waals surface area (Å²) in [6.07, 6.45) is 3.78. The van der Waals surface area contributed by atoms with Crippen LogP contribution in [0.5, 0.6) is 0 Å². The molecule has 2 aliphatic rings. The van der Waals surface area contributed by atoms with Crippen molar-refractivity contribution < 1.29 is 9.59 Å². The zero-order valence-electron chi connectivity index (χ0n) is 15.3. The number of rotatable bonds is 4. The molecule has 0 spiro atoms. The summed E-state index contributed by atoms with van der Waals surface area (Å²) < 4.78 is 0. The quantitative estimate of drug-likeness (QED) is 0.830. The van der Waals surface area contributed by atoms with Crippen molar-refractivity contribution in [2.45, 2.75) is 13.0 Å². The van der Waals surface area contributed by atoms with Crippen LogP contribution in [0.15, 0.2) is 54.9 Å². The van der Waals surface area contributed by atoms with Crippen LogP contribution in [0.3, 0.4) is 0 Å². The van der Waals surface area contributed by atoms with E-state index in [0.717, 1.165) is 18.7 Å². The second-order valence-electron chi connectivity index (χ2n) is 7.18. The van der Waals surface area contributed by atoms with Gasteiger partial charge in [-0.05, 0) is 29.8 Å². The van der Waals surface area contributed by atoms with Crippen LogP contribution in [0, 0.1) is 5.92 Å². The maximum absolute atomic E-state index is 12.9. The van der Waals surface area contributed by atoms with E-state index in [1.165, 1.54) is 5.69 Å². The Hall–Kier alpha value is -2.89. The van der Waals surface area contributed by atoms with Gasteiger partial charge in [0, 0.05) is 63.8 Å². The molecule has 140 valence electrons. The zero-order chi connectivity index (χ0) is 18.6.